The molecule has 1 fully saturated rings. The predicted molar refractivity (Wildman–Crippen MR) is 134 cm³/mol. The summed E-state index contributed by atoms with van der Waals surface area (Å²) in [6.45, 7) is 0. The highest BCUT2D eigenvalue weighted by molar-refractivity contribution is 14.1. The van der Waals surface area contributed by atoms with Gasteiger partial charge in [-0.25, -0.2) is 4.98 Å². The average molecular weight is 533 g/mol. The Kier molecular flexibility index (Phi) is 4.94. The van der Waals surface area contributed by atoms with Gasteiger partial charge in [0.15, 0.2) is 0 Å². The molecule has 0 amide bonds. The largest absolute Gasteiger partial charge is 0.490 e. The number of pyridine rings is 2. The van der Waals surface area contributed by atoms with E-state index in [0.29, 0.717) is 5.88 Å². The van der Waals surface area contributed by atoms with Crippen LogP contribution < -0.4 is 9.47 Å². The van der Waals surface area contributed by atoms with Crippen LogP contribution in [-0.4, -0.2) is 27.2 Å². The van der Waals surface area contributed by atoms with E-state index in [9.17, 15) is 0 Å². The minimum absolute atomic E-state index is 0.151. The van der Waals surface area contributed by atoms with Crippen molar-refractivity contribution in [2.45, 2.75) is 25.0 Å². The first kappa shape index (κ1) is 19.5. The van der Waals surface area contributed by atoms with Gasteiger partial charge in [0, 0.05) is 68.4 Å². The normalized spacial score (nSPS) is 17.9. The summed E-state index contributed by atoms with van der Waals surface area (Å²) in [6.07, 6.45) is 7.69. The van der Waals surface area contributed by atoms with Gasteiger partial charge in [-0.2, -0.15) is 0 Å². The number of benzene rings is 2. The molecule has 2 aromatic carbocycles. The van der Waals surface area contributed by atoms with E-state index < -0.39 is 0 Å². The molecule has 5 aromatic rings. The van der Waals surface area contributed by atoms with Gasteiger partial charge in [0.25, 0.3) is 0 Å². The third-order valence-electron chi connectivity index (χ3n) is 5.93. The van der Waals surface area contributed by atoms with Crippen molar-refractivity contribution in [1.82, 2.24) is 15.0 Å². The van der Waals surface area contributed by atoms with E-state index in [0.717, 1.165) is 46.1 Å². The van der Waals surface area contributed by atoms with Crippen LogP contribution >= 0.6 is 22.6 Å². The first-order valence-electron chi connectivity index (χ1n) is 10.6. The second-order valence-electron chi connectivity index (χ2n) is 8.10. The Bertz CT molecular complexity index is 1390. The highest BCUT2D eigenvalue weighted by atomic mass is 127. The SMILES string of the molecule is Ic1ccc(OC2CC(Oc3ccc(-c4ccc5c(c4)[nH]c4ccncc45)cn3)C2)cc1. The van der Waals surface area contributed by atoms with Crippen molar-refractivity contribution >= 4 is 44.4 Å². The summed E-state index contributed by atoms with van der Waals surface area (Å²) in [4.78, 5) is 12.2. The number of aromatic amines is 1. The van der Waals surface area contributed by atoms with Crippen LogP contribution in [0.25, 0.3) is 32.9 Å². The van der Waals surface area contributed by atoms with E-state index >= 15 is 0 Å². The maximum absolute atomic E-state index is 6.03. The molecule has 158 valence electrons. The van der Waals surface area contributed by atoms with Crippen LogP contribution in [0.2, 0.25) is 0 Å². The van der Waals surface area contributed by atoms with Gasteiger partial charge in [-0.15, -0.1) is 0 Å². The smallest absolute Gasteiger partial charge is 0.213 e. The molecule has 0 bridgehead atoms. The fourth-order valence-corrected chi connectivity index (χ4v) is 4.49. The molecule has 1 saturated carbocycles. The Morgan fingerprint density at radius 3 is 2.41 bits per heavy atom. The van der Waals surface area contributed by atoms with Crippen molar-refractivity contribution in [2.75, 3.05) is 0 Å². The summed E-state index contributed by atoms with van der Waals surface area (Å²) < 4.78 is 13.2. The van der Waals surface area contributed by atoms with Crippen molar-refractivity contribution in [3.63, 3.8) is 0 Å². The van der Waals surface area contributed by atoms with E-state index in [4.69, 9.17) is 9.47 Å². The molecule has 3 heterocycles. The molecule has 32 heavy (non-hydrogen) atoms. The lowest BCUT2D eigenvalue weighted by Gasteiger charge is -2.35. The topological polar surface area (TPSA) is 60.0 Å². The average Bonchev–Trinajstić information content (AvgIpc) is 3.17. The van der Waals surface area contributed by atoms with E-state index in [1.54, 1.807) is 6.20 Å². The first-order chi connectivity index (χ1) is 15.7. The monoisotopic (exact) mass is 533 g/mol. The van der Waals surface area contributed by atoms with E-state index in [2.05, 4.69) is 73.9 Å². The molecule has 0 spiro atoms. The summed E-state index contributed by atoms with van der Waals surface area (Å²) >= 11 is 2.29. The van der Waals surface area contributed by atoms with E-state index in [-0.39, 0.29) is 12.2 Å². The molecule has 0 aliphatic heterocycles. The van der Waals surface area contributed by atoms with E-state index in [1.807, 2.05) is 36.7 Å². The molecule has 6 rings (SSSR count). The van der Waals surface area contributed by atoms with E-state index in [1.165, 1.54) is 8.96 Å². The molecule has 3 aromatic heterocycles. The Hall–Kier alpha value is -3.13. The van der Waals surface area contributed by atoms with Crippen molar-refractivity contribution < 1.29 is 9.47 Å². The lowest BCUT2D eigenvalue weighted by Crippen LogP contribution is -2.41. The maximum Gasteiger partial charge on any atom is 0.213 e. The summed E-state index contributed by atoms with van der Waals surface area (Å²) in [6, 6.07) is 20.6. The third kappa shape index (κ3) is 3.79. The molecule has 1 aliphatic carbocycles. The molecule has 1 N–H and O–H groups in total. The quantitative estimate of drug-likeness (QED) is 0.267. The molecular formula is C26H20IN3O2. The van der Waals surface area contributed by atoms with Crippen LogP contribution in [-0.2, 0) is 0 Å². The Labute approximate surface area is 199 Å². The van der Waals surface area contributed by atoms with Gasteiger partial charge in [-0.3, -0.25) is 4.98 Å². The predicted octanol–water partition coefficient (Wildman–Crippen LogP) is 6.37. The number of ether oxygens (including phenoxy) is 2. The second kappa shape index (κ2) is 8.09. The maximum atomic E-state index is 6.03. The standard InChI is InChI=1S/C26H20IN3O2/c27-18-3-5-19(6-4-18)31-20-12-21(13-20)32-26-8-2-17(14-29-26)16-1-7-22-23-15-28-10-9-24(23)30-25(22)11-16/h1-11,14-15,20-21,30H,12-13H2. The Morgan fingerprint density at radius 2 is 1.59 bits per heavy atom. The number of rotatable bonds is 5. The Morgan fingerprint density at radius 1 is 0.781 bits per heavy atom. The molecule has 0 radical (unpaired) electrons. The number of H-pyrrole nitrogens is 1. The van der Waals surface area contributed by atoms with Crippen LogP contribution in [0.1, 0.15) is 12.8 Å². The van der Waals surface area contributed by atoms with Crippen molar-refractivity contribution in [1.29, 1.82) is 0 Å². The Balaban J connectivity index is 1.10. The fraction of sp³-hybridized carbons (Fsp3) is 0.154. The van der Waals surface area contributed by atoms with Gasteiger partial charge in [0.05, 0.1) is 0 Å². The highest BCUT2D eigenvalue weighted by Gasteiger charge is 2.33. The summed E-state index contributed by atoms with van der Waals surface area (Å²) in [5, 5.41) is 2.32. The van der Waals surface area contributed by atoms with Gasteiger partial charge < -0.3 is 14.5 Å². The molecular weight excluding hydrogens is 513 g/mol. The highest BCUT2D eigenvalue weighted by Crippen LogP contribution is 2.31. The number of aromatic nitrogens is 3. The lowest BCUT2D eigenvalue weighted by molar-refractivity contribution is 0.00227. The van der Waals surface area contributed by atoms with Crippen LogP contribution in [0.15, 0.2) is 79.3 Å². The number of hydrogen-bond donors (Lipinski definition) is 1. The zero-order chi connectivity index (χ0) is 21.5. The molecule has 5 nitrogen and oxygen atoms in total. The van der Waals surface area contributed by atoms with Crippen LogP contribution in [0.3, 0.4) is 0 Å². The molecule has 6 heteroatoms. The minimum atomic E-state index is 0.151. The minimum Gasteiger partial charge on any atom is -0.490 e. The molecule has 0 saturated heterocycles. The van der Waals surface area contributed by atoms with Crippen LogP contribution in [0.5, 0.6) is 11.6 Å². The van der Waals surface area contributed by atoms with Crippen molar-refractivity contribution in [3.05, 3.63) is 82.8 Å². The van der Waals surface area contributed by atoms with Gasteiger partial charge >= 0.3 is 0 Å². The molecule has 0 unspecified atom stereocenters. The molecule has 1 aliphatic rings. The first-order valence-corrected chi connectivity index (χ1v) is 11.7. The van der Waals surface area contributed by atoms with Gasteiger partial charge in [-0.05, 0) is 70.6 Å². The summed E-state index contributed by atoms with van der Waals surface area (Å²) in [7, 11) is 0. The molecule has 0 atom stereocenters. The number of halogens is 1. The van der Waals surface area contributed by atoms with Crippen LogP contribution in [0.4, 0.5) is 0 Å². The zero-order valence-corrected chi connectivity index (χ0v) is 19.3. The zero-order valence-electron chi connectivity index (χ0n) is 17.2. The van der Waals surface area contributed by atoms with Gasteiger partial charge in [0.2, 0.25) is 5.88 Å². The number of fused-ring (bicyclic) bond motifs is 3. The fourth-order valence-electron chi connectivity index (χ4n) is 4.13. The number of nitrogens with zero attached hydrogens (tertiary/aromatic N) is 2. The van der Waals surface area contributed by atoms with Crippen molar-refractivity contribution in [3.8, 4) is 22.8 Å². The third-order valence-corrected chi connectivity index (χ3v) is 6.64. The van der Waals surface area contributed by atoms with Crippen LogP contribution in [0, 0.1) is 3.57 Å². The van der Waals surface area contributed by atoms with Gasteiger partial charge in [0.1, 0.15) is 18.0 Å². The lowest BCUT2D eigenvalue weighted by atomic mass is 9.92. The number of nitrogens with one attached hydrogen (secondary N) is 1. The summed E-state index contributed by atoms with van der Waals surface area (Å²) in [5.41, 5.74) is 4.37. The summed E-state index contributed by atoms with van der Waals surface area (Å²) in [5.74, 6) is 1.57. The second-order valence-corrected chi connectivity index (χ2v) is 9.34. The number of hydrogen-bond acceptors (Lipinski definition) is 4. The van der Waals surface area contributed by atoms with Gasteiger partial charge in [-0.1, -0.05) is 12.1 Å². The van der Waals surface area contributed by atoms with Crippen molar-refractivity contribution in [2.24, 2.45) is 0 Å².